The number of esters is 2. The second-order valence-electron chi connectivity index (χ2n) is 12.4. The summed E-state index contributed by atoms with van der Waals surface area (Å²) in [5, 5.41) is 9.18. The van der Waals surface area contributed by atoms with Crippen LogP contribution in [0.3, 0.4) is 0 Å². The summed E-state index contributed by atoms with van der Waals surface area (Å²) in [7, 11) is 0. The summed E-state index contributed by atoms with van der Waals surface area (Å²) in [4.78, 5) is 48.4. The van der Waals surface area contributed by atoms with Gasteiger partial charge in [-0.1, -0.05) is 91.0 Å². The van der Waals surface area contributed by atoms with Gasteiger partial charge >= 0.3 is 11.9 Å². The third-order valence-corrected chi connectivity index (χ3v) is 8.44. The van der Waals surface area contributed by atoms with Crippen molar-refractivity contribution in [2.75, 3.05) is 65.9 Å². The first-order chi connectivity index (χ1) is 26.4. The molecule has 0 radical (unpaired) electrons. The molecule has 0 saturated heterocycles. The number of amides is 2. The molecule has 12 nitrogen and oxygen atoms in total. The maximum atomic E-state index is 12.3. The van der Waals surface area contributed by atoms with E-state index in [4.69, 9.17) is 23.7 Å². The Kier molecular flexibility index (Phi) is 21.2. The first-order valence-electron chi connectivity index (χ1n) is 18.9. The Morgan fingerprint density at radius 1 is 0.574 bits per heavy atom. The Morgan fingerprint density at radius 3 is 1.54 bits per heavy atom. The minimum atomic E-state index is -0.987. The maximum absolute atomic E-state index is 12.3. The zero-order valence-corrected chi connectivity index (χ0v) is 31.7. The van der Waals surface area contributed by atoms with Crippen molar-refractivity contribution < 1.29 is 42.9 Å². The third kappa shape index (κ3) is 15.8. The summed E-state index contributed by atoms with van der Waals surface area (Å²) in [6.07, 6.45) is 1.30. The van der Waals surface area contributed by atoms with Gasteiger partial charge in [0.1, 0.15) is 6.04 Å². The largest absolute Gasteiger partial charge is 0.466 e. The van der Waals surface area contributed by atoms with Crippen LogP contribution in [0.25, 0.3) is 0 Å². The van der Waals surface area contributed by atoms with Crippen molar-refractivity contribution in [2.24, 2.45) is 0 Å². The molecule has 54 heavy (non-hydrogen) atoms. The molecule has 0 aromatic heterocycles. The number of hydrogen-bond donors (Lipinski definition) is 3. The number of nitrogens with one attached hydrogen (secondary N) is 3. The Morgan fingerprint density at radius 2 is 1.04 bits per heavy atom. The van der Waals surface area contributed by atoms with Gasteiger partial charge in [-0.3, -0.25) is 19.7 Å². The average Bonchev–Trinajstić information content (AvgIpc) is 3.20. The summed E-state index contributed by atoms with van der Waals surface area (Å²) < 4.78 is 26.9. The monoisotopic (exact) mass is 747 g/mol. The van der Waals surface area contributed by atoms with Crippen LogP contribution in [0.2, 0.25) is 0 Å². The Balaban J connectivity index is 1.22. The van der Waals surface area contributed by atoms with Crippen LogP contribution < -0.4 is 16.0 Å². The van der Waals surface area contributed by atoms with E-state index in [1.165, 1.54) is 16.7 Å². The molecule has 0 fully saturated rings. The van der Waals surface area contributed by atoms with Crippen molar-refractivity contribution in [2.45, 2.75) is 64.0 Å². The van der Waals surface area contributed by atoms with E-state index >= 15 is 0 Å². The van der Waals surface area contributed by atoms with Crippen LogP contribution in [0, 0.1) is 0 Å². The van der Waals surface area contributed by atoms with Gasteiger partial charge in [0.25, 0.3) is 0 Å². The molecule has 12 heteroatoms. The van der Waals surface area contributed by atoms with Gasteiger partial charge in [-0.2, -0.15) is 0 Å². The van der Waals surface area contributed by atoms with Crippen LogP contribution in [0.4, 0.5) is 0 Å². The Hall–Kier alpha value is -4.62. The lowest BCUT2D eigenvalue weighted by Gasteiger charge is -2.37. The molecular formula is C42H57N3O9. The van der Waals surface area contributed by atoms with Crippen molar-refractivity contribution in [1.29, 1.82) is 0 Å². The van der Waals surface area contributed by atoms with Crippen molar-refractivity contribution >= 4 is 23.8 Å². The second kappa shape index (κ2) is 26.2. The predicted octanol–water partition coefficient (Wildman–Crippen LogP) is 4.69. The fraction of sp³-hybridized carbons (Fsp3) is 0.476. The number of carbonyl (C=O) groups excluding carboxylic acids is 4. The molecule has 1 atom stereocenters. The quantitative estimate of drug-likeness (QED) is 0.0543. The van der Waals surface area contributed by atoms with Crippen molar-refractivity contribution in [3.05, 3.63) is 108 Å². The molecule has 3 aromatic carbocycles. The number of ether oxygens (including phenoxy) is 5. The van der Waals surface area contributed by atoms with E-state index in [9.17, 15) is 19.2 Å². The van der Waals surface area contributed by atoms with Crippen molar-refractivity contribution in [1.82, 2.24) is 16.0 Å². The van der Waals surface area contributed by atoms with Crippen LogP contribution in [0.5, 0.6) is 0 Å². The van der Waals surface area contributed by atoms with E-state index in [0.717, 1.165) is 13.0 Å². The summed E-state index contributed by atoms with van der Waals surface area (Å²) in [5.74, 6) is -1.87. The number of benzene rings is 3. The zero-order chi connectivity index (χ0) is 38.7. The molecule has 0 saturated carbocycles. The molecule has 3 N–H and O–H groups in total. The van der Waals surface area contributed by atoms with Gasteiger partial charge in [-0.25, -0.2) is 4.79 Å². The van der Waals surface area contributed by atoms with Gasteiger partial charge in [-0.15, -0.1) is 0 Å². The highest BCUT2D eigenvalue weighted by Crippen LogP contribution is 2.36. The lowest BCUT2D eigenvalue weighted by atomic mass is 9.77. The van der Waals surface area contributed by atoms with Gasteiger partial charge in [0.2, 0.25) is 11.8 Å². The molecule has 0 heterocycles. The highest BCUT2D eigenvalue weighted by Gasteiger charge is 2.35. The van der Waals surface area contributed by atoms with Crippen LogP contribution in [0.1, 0.15) is 69.1 Å². The number of carbonyl (C=O) groups is 4. The fourth-order valence-electron chi connectivity index (χ4n) is 5.83. The number of hydrogen-bond acceptors (Lipinski definition) is 10. The van der Waals surface area contributed by atoms with Crippen LogP contribution in [-0.2, 0) is 48.4 Å². The van der Waals surface area contributed by atoms with E-state index in [0.29, 0.717) is 52.6 Å². The molecule has 0 aliphatic heterocycles. The second-order valence-corrected chi connectivity index (χ2v) is 12.4. The molecule has 3 rings (SSSR count). The molecule has 1 unspecified atom stereocenters. The third-order valence-electron chi connectivity index (χ3n) is 8.44. The molecule has 0 bridgehead atoms. The number of rotatable bonds is 28. The molecule has 0 aliphatic rings. The molecule has 0 aliphatic carbocycles. The fourth-order valence-corrected chi connectivity index (χ4v) is 5.83. The van der Waals surface area contributed by atoms with Crippen LogP contribution >= 0.6 is 0 Å². The van der Waals surface area contributed by atoms with Gasteiger partial charge in [-0.05, 0) is 56.3 Å². The topological polar surface area (TPSA) is 151 Å². The van der Waals surface area contributed by atoms with Gasteiger partial charge in [0, 0.05) is 39.0 Å². The smallest absolute Gasteiger partial charge is 0.328 e. The molecule has 3 aromatic rings. The van der Waals surface area contributed by atoms with E-state index in [1.807, 2.05) is 18.2 Å². The first-order valence-corrected chi connectivity index (χ1v) is 18.9. The summed E-state index contributed by atoms with van der Waals surface area (Å²) in [6, 6.07) is 30.6. The van der Waals surface area contributed by atoms with E-state index < -0.39 is 29.4 Å². The van der Waals surface area contributed by atoms with Gasteiger partial charge < -0.3 is 34.3 Å². The summed E-state index contributed by atoms with van der Waals surface area (Å²) in [6.45, 7) is 7.72. The molecule has 0 spiro atoms. The summed E-state index contributed by atoms with van der Waals surface area (Å²) >= 11 is 0. The minimum Gasteiger partial charge on any atom is -0.466 e. The normalized spacial score (nSPS) is 11.7. The highest BCUT2D eigenvalue weighted by molar-refractivity contribution is 5.87. The zero-order valence-electron chi connectivity index (χ0n) is 31.7. The van der Waals surface area contributed by atoms with Gasteiger partial charge in [0.15, 0.2) is 0 Å². The Labute approximate surface area is 319 Å². The molecule has 294 valence electrons. The van der Waals surface area contributed by atoms with E-state index in [-0.39, 0.29) is 44.8 Å². The highest BCUT2D eigenvalue weighted by atomic mass is 16.5. The van der Waals surface area contributed by atoms with Gasteiger partial charge in [0.05, 0.1) is 45.2 Å². The minimum absolute atomic E-state index is 0.0393. The van der Waals surface area contributed by atoms with E-state index in [1.54, 1.807) is 13.8 Å². The molecular weight excluding hydrogens is 690 g/mol. The first kappa shape index (κ1) is 43.8. The van der Waals surface area contributed by atoms with Crippen molar-refractivity contribution in [3.63, 3.8) is 0 Å². The molecule has 2 amide bonds. The standard InChI is InChI=1S/C42H57N3O9/c1-3-53-40(48)25-22-37(41(49)54-4-2)45-39(47)24-23-38(46)43-26-14-28-50-30-32-52-33-31-51-29-15-27-44-42(34-16-8-5-9-17-34,35-18-10-6-11-19-35)36-20-12-7-13-21-36/h5-13,16-21,37,44H,3-4,14-15,22-33H2,1-2H3,(H,43,46)(H,45,47). The predicted molar refractivity (Wildman–Crippen MR) is 206 cm³/mol. The average molecular weight is 748 g/mol. The van der Waals surface area contributed by atoms with Crippen LogP contribution in [-0.4, -0.2) is 95.7 Å². The van der Waals surface area contributed by atoms with E-state index in [2.05, 4.69) is 88.7 Å². The lowest BCUT2D eigenvalue weighted by Crippen LogP contribution is -2.45. The van der Waals surface area contributed by atoms with Crippen LogP contribution in [0.15, 0.2) is 91.0 Å². The summed E-state index contributed by atoms with van der Waals surface area (Å²) in [5.41, 5.74) is 3.03. The SMILES string of the molecule is CCOC(=O)CCC(NC(=O)CCC(=O)NCCCOCCOCCOCCCNC(c1ccccc1)(c1ccccc1)c1ccccc1)C(=O)OCC. The lowest BCUT2D eigenvalue weighted by molar-refractivity contribution is -0.148. The Bertz CT molecular complexity index is 1400. The van der Waals surface area contributed by atoms with Crippen molar-refractivity contribution in [3.8, 4) is 0 Å². The maximum Gasteiger partial charge on any atom is 0.328 e.